The molecule has 286 valence electrons. The van der Waals surface area contributed by atoms with E-state index in [-0.39, 0.29) is 31.8 Å². The molecule has 6 amide bonds. The summed E-state index contributed by atoms with van der Waals surface area (Å²) in [4.78, 5) is 89.5. The van der Waals surface area contributed by atoms with Gasteiger partial charge in [-0.15, -0.1) is 0 Å². The van der Waals surface area contributed by atoms with Gasteiger partial charge in [-0.3, -0.25) is 33.8 Å². The monoisotopic (exact) mass is 726 g/mol. The van der Waals surface area contributed by atoms with Crippen LogP contribution in [0.15, 0.2) is 47.8 Å². The number of nitrogens with two attached hydrogens (primary N) is 4. The first-order valence-corrected chi connectivity index (χ1v) is 17.3. The van der Waals surface area contributed by atoms with Crippen LogP contribution in [0.2, 0.25) is 0 Å². The largest absolute Gasteiger partial charge is 0.370 e. The summed E-state index contributed by atoms with van der Waals surface area (Å²) in [5, 5.41) is 13.4. The molecule has 2 rings (SSSR count). The van der Waals surface area contributed by atoms with Gasteiger partial charge in [0.25, 0.3) is 0 Å². The number of aliphatic imine (C=N–C) groups is 1. The molecule has 0 saturated heterocycles. The Morgan fingerprint density at radius 3 is 1.92 bits per heavy atom. The second kappa shape index (κ2) is 22.3. The number of H-pyrrole nitrogens is 1. The number of guanidine groups is 1. The highest BCUT2D eigenvalue weighted by atomic mass is 16.2. The molecule has 0 saturated carbocycles. The van der Waals surface area contributed by atoms with Crippen molar-refractivity contribution in [3.63, 3.8) is 0 Å². The molecule has 0 radical (unpaired) electrons. The Labute approximate surface area is 303 Å². The van der Waals surface area contributed by atoms with Gasteiger partial charge in [-0.05, 0) is 50.1 Å². The number of aromatic nitrogens is 2. The van der Waals surface area contributed by atoms with Crippen LogP contribution in [0.5, 0.6) is 0 Å². The third-order valence-electron chi connectivity index (χ3n) is 8.02. The number of amides is 6. The molecular weight excluding hydrogens is 672 g/mol. The number of carbonyl (C=O) groups excluding carboxylic acids is 6. The molecule has 0 bridgehead atoms. The smallest absolute Gasteiger partial charge is 0.243 e. The summed E-state index contributed by atoms with van der Waals surface area (Å²) >= 11 is 0. The minimum Gasteiger partial charge on any atom is -0.370 e. The summed E-state index contributed by atoms with van der Waals surface area (Å²) in [6.07, 6.45) is 4.89. The Balaban J connectivity index is 2.29. The molecule has 0 fully saturated rings. The molecular formula is C34H54N12O6. The quantitative estimate of drug-likeness (QED) is 0.0340. The van der Waals surface area contributed by atoms with Gasteiger partial charge in [-0.25, -0.2) is 4.98 Å². The van der Waals surface area contributed by atoms with Crippen molar-refractivity contribution < 1.29 is 28.8 Å². The number of nitrogens with zero attached hydrogens (tertiary/aromatic N) is 2. The number of rotatable bonds is 23. The van der Waals surface area contributed by atoms with Crippen molar-refractivity contribution in [2.24, 2.45) is 33.8 Å². The summed E-state index contributed by atoms with van der Waals surface area (Å²) in [5.74, 6) is -4.43. The lowest BCUT2D eigenvalue weighted by Gasteiger charge is -2.28. The van der Waals surface area contributed by atoms with Gasteiger partial charge in [0, 0.05) is 38.2 Å². The topological polar surface area (TPSA) is 308 Å². The average molecular weight is 727 g/mol. The van der Waals surface area contributed by atoms with E-state index >= 15 is 0 Å². The highest BCUT2D eigenvalue weighted by Crippen LogP contribution is 2.10. The molecule has 14 N–H and O–H groups in total. The first-order valence-electron chi connectivity index (χ1n) is 17.3. The van der Waals surface area contributed by atoms with Crippen LogP contribution < -0.4 is 49.5 Å². The number of benzene rings is 1. The van der Waals surface area contributed by atoms with E-state index in [4.69, 9.17) is 22.9 Å². The number of carbonyl (C=O) groups is 6. The normalized spacial score (nSPS) is 13.8. The van der Waals surface area contributed by atoms with Crippen molar-refractivity contribution >= 4 is 41.4 Å². The van der Waals surface area contributed by atoms with E-state index in [1.807, 2.05) is 6.07 Å². The molecule has 1 heterocycles. The lowest BCUT2D eigenvalue weighted by molar-refractivity contribution is -0.135. The molecule has 0 spiro atoms. The number of unbranched alkanes of at least 4 members (excludes halogenated alkanes) is 1. The first-order chi connectivity index (χ1) is 24.7. The number of hydrogen-bond donors (Lipinski definition) is 10. The van der Waals surface area contributed by atoms with E-state index in [9.17, 15) is 28.8 Å². The minimum absolute atomic E-state index is 0.0225. The summed E-state index contributed by atoms with van der Waals surface area (Å²) in [7, 11) is 0. The summed E-state index contributed by atoms with van der Waals surface area (Å²) in [5.41, 5.74) is 23.4. The zero-order valence-electron chi connectivity index (χ0n) is 30.0. The second-order valence-electron chi connectivity index (χ2n) is 12.8. The summed E-state index contributed by atoms with van der Waals surface area (Å²) in [6, 6.07) is 3.49. The van der Waals surface area contributed by atoms with Crippen LogP contribution in [0.1, 0.15) is 64.1 Å². The summed E-state index contributed by atoms with van der Waals surface area (Å²) in [6.45, 7) is 5.27. The third kappa shape index (κ3) is 15.6. The van der Waals surface area contributed by atoms with Crippen LogP contribution in [0.4, 0.5) is 0 Å². The number of imidazole rings is 1. The summed E-state index contributed by atoms with van der Waals surface area (Å²) < 4.78 is 0. The van der Waals surface area contributed by atoms with Gasteiger partial charge < -0.3 is 54.5 Å². The third-order valence-corrected chi connectivity index (χ3v) is 8.02. The SMILES string of the molecule is CC(=O)N[C@@H](CCCCN)C(=O)N[C@@H](CCCN=C(N)N)C(=O)N[C@H](C(=O)N[C@@H](Cc1cnc[nH]1)C(=O)N[C@@H](Cc1ccccc1)C(N)=O)C(C)C. The fourth-order valence-electron chi connectivity index (χ4n) is 5.27. The zero-order valence-corrected chi connectivity index (χ0v) is 30.0. The van der Waals surface area contributed by atoms with E-state index in [0.717, 1.165) is 5.56 Å². The highest BCUT2D eigenvalue weighted by molar-refractivity contribution is 5.96. The lowest BCUT2D eigenvalue weighted by Crippen LogP contribution is -2.60. The number of hydrogen-bond acceptors (Lipinski definition) is 9. The molecule has 2 aromatic rings. The van der Waals surface area contributed by atoms with Crippen LogP contribution >= 0.6 is 0 Å². The van der Waals surface area contributed by atoms with Gasteiger partial charge in [-0.2, -0.15) is 0 Å². The Bertz CT molecular complexity index is 1480. The van der Waals surface area contributed by atoms with Crippen molar-refractivity contribution in [3.8, 4) is 0 Å². The van der Waals surface area contributed by atoms with Crippen LogP contribution in [0, 0.1) is 5.92 Å². The van der Waals surface area contributed by atoms with Gasteiger partial charge in [0.2, 0.25) is 35.4 Å². The molecule has 1 aromatic carbocycles. The fraction of sp³-hybridized carbons (Fsp3) is 0.529. The van der Waals surface area contributed by atoms with Crippen molar-refractivity contribution in [1.82, 2.24) is 36.6 Å². The van der Waals surface area contributed by atoms with E-state index in [0.29, 0.717) is 37.9 Å². The Morgan fingerprint density at radius 2 is 1.35 bits per heavy atom. The Kier molecular flexibility index (Phi) is 18.3. The fourth-order valence-corrected chi connectivity index (χ4v) is 5.27. The average Bonchev–Trinajstić information content (AvgIpc) is 3.60. The molecule has 0 aliphatic carbocycles. The van der Waals surface area contributed by atoms with E-state index in [2.05, 4.69) is 41.5 Å². The van der Waals surface area contributed by atoms with Gasteiger partial charge in [0.15, 0.2) is 5.96 Å². The van der Waals surface area contributed by atoms with Gasteiger partial charge in [-0.1, -0.05) is 44.2 Å². The molecule has 5 atom stereocenters. The van der Waals surface area contributed by atoms with E-state index in [1.165, 1.54) is 19.4 Å². The molecule has 0 unspecified atom stereocenters. The number of aromatic amines is 1. The van der Waals surface area contributed by atoms with Crippen molar-refractivity contribution in [2.75, 3.05) is 13.1 Å². The standard InChI is InChI=1S/C34H54N12O6/c1-20(2)28(46-31(50)25(13-9-15-40-34(37)38)43-30(49)24(42-21(3)47)12-7-8-14-35)33(52)45-27(17-23-18-39-19-41-23)32(51)44-26(29(36)48)16-22-10-5-4-6-11-22/h4-6,10-11,18-20,24-28H,7-9,12-17,35H2,1-3H3,(H2,36,48)(H,39,41)(H,42,47)(H,43,49)(H,44,51)(H,45,52)(H,46,50)(H4,37,38,40)/t24-,25-,26-,27-,28-/m0/s1. The Morgan fingerprint density at radius 1 is 0.750 bits per heavy atom. The second-order valence-corrected chi connectivity index (χ2v) is 12.8. The van der Waals surface area contributed by atoms with Crippen LogP contribution in [0.25, 0.3) is 0 Å². The molecule has 18 heteroatoms. The molecule has 18 nitrogen and oxygen atoms in total. The molecule has 0 aliphatic rings. The predicted molar refractivity (Wildman–Crippen MR) is 195 cm³/mol. The van der Waals surface area contributed by atoms with Gasteiger partial charge in [0.1, 0.15) is 30.2 Å². The van der Waals surface area contributed by atoms with Crippen LogP contribution in [0.3, 0.4) is 0 Å². The highest BCUT2D eigenvalue weighted by Gasteiger charge is 2.33. The van der Waals surface area contributed by atoms with Gasteiger partial charge >= 0.3 is 0 Å². The van der Waals surface area contributed by atoms with Crippen LogP contribution in [-0.2, 0) is 41.6 Å². The number of nitrogens with one attached hydrogen (secondary N) is 6. The molecule has 0 aliphatic heterocycles. The molecule has 1 aromatic heterocycles. The van der Waals surface area contributed by atoms with Crippen molar-refractivity contribution in [3.05, 3.63) is 54.1 Å². The lowest BCUT2D eigenvalue weighted by atomic mass is 10.00. The van der Waals surface area contributed by atoms with Crippen molar-refractivity contribution in [1.29, 1.82) is 0 Å². The maximum Gasteiger partial charge on any atom is 0.243 e. The molecule has 52 heavy (non-hydrogen) atoms. The van der Waals surface area contributed by atoms with E-state index < -0.39 is 71.6 Å². The first kappa shape index (κ1) is 42.6. The number of primary amides is 1. The van der Waals surface area contributed by atoms with Crippen molar-refractivity contribution in [2.45, 2.75) is 95.9 Å². The minimum atomic E-state index is -1.20. The predicted octanol–water partition coefficient (Wildman–Crippen LogP) is -2.04. The van der Waals surface area contributed by atoms with E-state index in [1.54, 1.807) is 38.1 Å². The maximum absolute atomic E-state index is 13.8. The Hall–Kier alpha value is -5.52. The maximum atomic E-state index is 13.8. The van der Waals surface area contributed by atoms with Crippen LogP contribution in [-0.4, -0.2) is 94.7 Å². The van der Waals surface area contributed by atoms with Gasteiger partial charge in [0.05, 0.1) is 6.33 Å². The zero-order chi connectivity index (χ0) is 38.6.